The lowest BCUT2D eigenvalue weighted by atomic mass is 10.2. The molecule has 0 spiro atoms. The summed E-state index contributed by atoms with van der Waals surface area (Å²) in [5, 5.41) is 2.68. The van der Waals surface area contributed by atoms with Gasteiger partial charge in [-0.05, 0) is 23.8 Å². The molecule has 3 rings (SSSR count). The van der Waals surface area contributed by atoms with E-state index in [0.717, 1.165) is 10.6 Å². The number of aromatic nitrogens is 1. The van der Waals surface area contributed by atoms with E-state index in [0.29, 0.717) is 36.0 Å². The second-order valence-corrected chi connectivity index (χ2v) is 7.78. The molecule has 1 aliphatic rings. The topological polar surface area (TPSA) is 97.8 Å². The Morgan fingerprint density at radius 1 is 1.23 bits per heavy atom. The van der Waals surface area contributed by atoms with Crippen LogP contribution in [0.5, 0.6) is 11.5 Å². The molecule has 0 saturated carbocycles. The number of carbonyl (C=O) groups is 1. The summed E-state index contributed by atoms with van der Waals surface area (Å²) in [5.41, 5.74) is 1.21. The number of benzene rings is 1. The van der Waals surface area contributed by atoms with E-state index in [9.17, 15) is 13.2 Å². The molecule has 1 aromatic carbocycles. The van der Waals surface area contributed by atoms with Gasteiger partial charge in [0, 0.05) is 30.7 Å². The number of nitrogens with zero attached hydrogens (tertiary/aromatic N) is 2. The summed E-state index contributed by atoms with van der Waals surface area (Å²) in [7, 11) is -3.56. The number of sulfonamides is 1. The predicted molar refractivity (Wildman–Crippen MR) is 95.6 cm³/mol. The van der Waals surface area contributed by atoms with Crippen molar-refractivity contribution in [1.29, 1.82) is 0 Å². The van der Waals surface area contributed by atoms with E-state index in [1.807, 2.05) is 0 Å². The van der Waals surface area contributed by atoms with E-state index in [-0.39, 0.29) is 13.1 Å². The maximum absolute atomic E-state index is 12.3. The number of anilines is 1. The maximum atomic E-state index is 12.3. The van der Waals surface area contributed by atoms with Crippen molar-refractivity contribution in [3.63, 3.8) is 0 Å². The van der Waals surface area contributed by atoms with Gasteiger partial charge in [-0.1, -0.05) is 6.07 Å². The summed E-state index contributed by atoms with van der Waals surface area (Å²) >= 11 is 0. The van der Waals surface area contributed by atoms with Crippen LogP contribution in [0, 0.1) is 0 Å². The largest absolute Gasteiger partial charge is 0.486 e. The van der Waals surface area contributed by atoms with Crippen molar-refractivity contribution < 1.29 is 22.7 Å². The fraction of sp³-hybridized carbons (Fsp3) is 0.294. The fourth-order valence-corrected chi connectivity index (χ4v) is 3.20. The Morgan fingerprint density at radius 2 is 2.00 bits per heavy atom. The second kappa shape index (κ2) is 7.71. The number of nitrogens with one attached hydrogen (secondary N) is 1. The number of rotatable bonds is 6. The molecule has 0 fully saturated rings. The first-order valence-electron chi connectivity index (χ1n) is 7.95. The molecule has 2 heterocycles. The molecule has 1 amide bonds. The zero-order valence-electron chi connectivity index (χ0n) is 14.2. The number of amides is 1. The van der Waals surface area contributed by atoms with Gasteiger partial charge in [0.1, 0.15) is 13.2 Å². The predicted octanol–water partition coefficient (Wildman–Crippen LogP) is 1.25. The molecule has 0 saturated heterocycles. The first-order valence-corrected chi connectivity index (χ1v) is 9.80. The number of ether oxygens (including phenoxy) is 2. The molecule has 26 heavy (non-hydrogen) atoms. The lowest BCUT2D eigenvalue weighted by Crippen LogP contribution is -2.36. The molecule has 1 N–H and O–H groups in total. The van der Waals surface area contributed by atoms with Gasteiger partial charge < -0.3 is 14.8 Å². The first-order chi connectivity index (χ1) is 12.4. The number of fused-ring (bicyclic) bond motifs is 1. The Labute approximate surface area is 151 Å². The molecular formula is C17H19N3O5S. The Bertz CT molecular complexity index is 887. The highest BCUT2D eigenvalue weighted by Gasteiger charge is 2.21. The van der Waals surface area contributed by atoms with Crippen LogP contribution in [-0.4, -0.2) is 49.6 Å². The molecular weight excluding hydrogens is 358 g/mol. The van der Waals surface area contributed by atoms with Crippen LogP contribution < -0.4 is 14.8 Å². The molecule has 138 valence electrons. The van der Waals surface area contributed by atoms with Gasteiger partial charge in [0.05, 0.1) is 12.8 Å². The monoisotopic (exact) mass is 377 g/mol. The maximum Gasteiger partial charge on any atom is 0.239 e. The van der Waals surface area contributed by atoms with Gasteiger partial charge in [0.25, 0.3) is 0 Å². The third-order valence-electron chi connectivity index (χ3n) is 3.70. The van der Waals surface area contributed by atoms with E-state index < -0.39 is 15.9 Å². The smallest absolute Gasteiger partial charge is 0.239 e. The van der Waals surface area contributed by atoms with Crippen molar-refractivity contribution >= 4 is 21.6 Å². The third kappa shape index (κ3) is 4.70. The summed E-state index contributed by atoms with van der Waals surface area (Å²) in [4.78, 5) is 16.3. The van der Waals surface area contributed by atoms with E-state index >= 15 is 0 Å². The summed E-state index contributed by atoms with van der Waals surface area (Å²) in [6.07, 6.45) is 4.24. The van der Waals surface area contributed by atoms with E-state index in [2.05, 4.69) is 10.3 Å². The summed E-state index contributed by atoms with van der Waals surface area (Å²) < 4.78 is 36.0. The van der Waals surface area contributed by atoms with Crippen LogP contribution in [0.3, 0.4) is 0 Å². The number of hydrogen-bond donors (Lipinski definition) is 1. The van der Waals surface area contributed by atoms with Crippen molar-refractivity contribution in [2.75, 3.05) is 31.3 Å². The second-order valence-electron chi connectivity index (χ2n) is 5.80. The molecule has 0 bridgehead atoms. The van der Waals surface area contributed by atoms with Crippen LogP contribution in [0.25, 0.3) is 0 Å². The van der Waals surface area contributed by atoms with E-state index in [1.54, 1.807) is 42.7 Å². The molecule has 0 unspecified atom stereocenters. The highest BCUT2D eigenvalue weighted by Crippen LogP contribution is 2.32. The van der Waals surface area contributed by atoms with E-state index in [4.69, 9.17) is 9.47 Å². The van der Waals surface area contributed by atoms with Crippen LogP contribution in [-0.2, 0) is 21.4 Å². The molecule has 1 aromatic heterocycles. The standard InChI is InChI=1S/C17H19N3O5S/c1-26(22,23)20(11-13-3-2-6-18-10-13)12-17(21)19-14-4-5-15-16(9-14)25-8-7-24-15/h2-6,9-10H,7-8,11-12H2,1H3,(H,19,21). The normalized spacial score (nSPS) is 13.5. The molecule has 0 radical (unpaired) electrons. The minimum absolute atomic E-state index is 0.0707. The summed E-state index contributed by atoms with van der Waals surface area (Å²) in [5.74, 6) is 0.712. The Hall–Kier alpha value is -2.65. The highest BCUT2D eigenvalue weighted by atomic mass is 32.2. The Kier molecular flexibility index (Phi) is 5.38. The summed E-state index contributed by atoms with van der Waals surface area (Å²) in [6, 6.07) is 8.50. The minimum atomic E-state index is -3.56. The Morgan fingerprint density at radius 3 is 2.69 bits per heavy atom. The van der Waals surface area contributed by atoms with Crippen LogP contribution >= 0.6 is 0 Å². The van der Waals surface area contributed by atoms with Crippen LogP contribution in [0.15, 0.2) is 42.7 Å². The third-order valence-corrected chi connectivity index (χ3v) is 4.89. The van der Waals surface area contributed by atoms with Crippen molar-refractivity contribution in [2.24, 2.45) is 0 Å². The summed E-state index contributed by atoms with van der Waals surface area (Å²) in [6.45, 7) is 0.692. The fourth-order valence-electron chi connectivity index (χ4n) is 2.47. The number of hydrogen-bond acceptors (Lipinski definition) is 6. The molecule has 8 nitrogen and oxygen atoms in total. The number of pyridine rings is 1. The molecule has 2 aromatic rings. The van der Waals surface area contributed by atoms with Crippen molar-refractivity contribution in [3.05, 3.63) is 48.3 Å². The van der Waals surface area contributed by atoms with Crippen LogP contribution in [0.2, 0.25) is 0 Å². The molecule has 9 heteroatoms. The van der Waals surface area contributed by atoms with Gasteiger partial charge in [-0.2, -0.15) is 4.31 Å². The van der Waals surface area contributed by atoms with Gasteiger partial charge >= 0.3 is 0 Å². The SMILES string of the molecule is CS(=O)(=O)N(CC(=O)Nc1ccc2c(c1)OCCO2)Cc1cccnc1. The molecule has 0 atom stereocenters. The van der Waals surface area contributed by atoms with Crippen LogP contribution in [0.1, 0.15) is 5.56 Å². The van der Waals surface area contributed by atoms with Gasteiger partial charge in [-0.3, -0.25) is 9.78 Å². The van der Waals surface area contributed by atoms with Gasteiger partial charge in [0.2, 0.25) is 15.9 Å². The molecule has 1 aliphatic heterocycles. The van der Waals surface area contributed by atoms with Gasteiger partial charge in [-0.25, -0.2) is 8.42 Å². The van der Waals surface area contributed by atoms with Crippen molar-refractivity contribution in [2.45, 2.75) is 6.54 Å². The van der Waals surface area contributed by atoms with Crippen molar-refractivity contribution in [3.8, 4) is 11.5 Å². The van der Waals surface area contributed by atoms with Gasteiger partial charge in [0.15, 0.2) is 11.5 Å². The quantitative estimate of drug-likeness (QED) is 0.814. The lowest BCUT2D eigenvalue weighted by Gasteiger charge is -2.21. The zero-order chi connectivity index (χ0) is 18.6. The Balaban J connectivity index is 1.68. The zero-order valence-corrected chi connectivity index (χ0v) is 15.0. The average Bonchev–Trinajstić information content (AvgIpc) is 2.61. The first kappa shape index (κ1) is 18.2. The lowest BCUT2D eigenvalue weighted by molar-refractivity contribution is -0.116. The van der Waals surface area contributed by atoms with Crippen LogP contribution in [0.4, 0.5) is 5.69 Å². The minimum Gasteiger partial charge on any atom is -0.486 e. The molecule has 0 aliphatic carbocycles. The van der Waals surface area contributed by atoms with E-state index in [1.165, 1.54) is 0 Å². The number of carbonyl (C=O) groups excluding carboxylic acids is 1. The van der Waals surface area contributed by atoms with Gasteiger partial charge in [-0.15, -0.1) is 0 Å². The highest BCUT2D eigenvalue weighted by molar-refractivity contribution is 7.88. The average molecular weight is 377 g/mol. The van der Waals surface area contributed by atoms with Crippen molar-refractivity contribution in [1.82, 2.24) is 9.29 Å².